The summed E-state index contributed by atoms with van der Waals surface area (Å²) in [5, 5.41) is 5.75. The SMILES string of the molecule is CC(C)Cn1nc(C(=O)N2CCN(C3CCCN(C)C3)CC2)c2ccccc2c1=O. The number of carbonyl (C=O) groups is 1. The second-order valence-electron chi connectivity index (χ2n) is 9.16. The van der Waals surface area contributed by atoms with Crippen molar-refractivity contribution in [2.75, 3.05) is 46.3 Å². The Bertz CT molecular complexity index is 962. The molecule has 0 bridgehead atoms. The van der Waals surface area contributed by atoms with Gasteiger partial charge in [0, 0.05) is 50.7 Å². The number of hydrogen-bond acceptors (Lipinski definition) is 5. The average Bonchev–Trinajstić information content (AvgIpc) is 2.75. The molecular weight excluding hydrogens is 378 g/mol. The van der Waals surface area contributed by atoms with Crippen molar-refractivity contribution in [1.29, 1.82) is 0 Å². The van der Waals surface area contributed by atoms with Gasteiger partial charge in [0.2, 0.25) is 0 Å². The number of aromatic nitrogens is 2. The summed E-state index contributed by atoms with van der Waals surface area (Å²) in [7, 11) is 2.19. The van der Waals surface area contributed by atoms with Crippen LogP contribution in [0.15, 0.2) is 29.1 Å². The van der Waals surface area contributed by atoms with Crippen LogP contribution < -0.4 is 5.56 Å². The van der Waals surface area contributed by atoms with E-state index >= 15 is 0 Å². The van der Waals surface area contributed by atoms with E-state index in [4.69, 9.17) is 0 Å². The molecule has 7 nitrogen and oxygen atoms in total. The van der Waals surface area contributed by atoms with Crippen LogP contribution in [0.25, 0.3) is 10.8 Å². The molecule has 2 aromatic rings. The van der Waals surface area contributed by atoms with Crippen LogP contribution >= 0.6 is 0 Å². The molecule has 0 saturated carbocycles. The van der Waals surface area contributed by atoms with Gasteiger partial charge in [0.1, 0.15) is 0 Å². The molecule has 0 radical (unpaired) electrons. The van der Waals surface area contributed by atoms with Gasteiger partial charge in [-0.15, -0.1) is 0 Å². The Labute approximate surface area is 178 Å². The molecule has 2 aliphatic rings. The van der Waals surface area contributed by atoms with Crippen molar-refractivity contribution in [3.8, 4) is 0 Å². The summed E-state index contributed by atoms with van der Waals surface area (Å²) in [5.74, 6) is 0.209. The number of fused-ring (bicyclic) bond motifs is 1. The predicted octanol–water partition coefficient (Wildman–Crippen LogP) is 1.90. The fourth-order valence-corrected chi connectivity index (χ4v) is 4.74. The lowest BCUT2D eigenvalue weighted by Crippen LogP contribution is -2.55. The lowest BCUT2D eigenvalue weighted by Gasteiger charge is -2.42. The van der Waals surface area contributed by atoms with Gasteiger partial charge in [-0.25, -0.2) is 4.68 Å². The maximum absolute atomic E-state index is 13.4. The number of amides is 1. The van der Waals surface area contributed by atoms with Crippen LogP contribution in [0.3, 0.4) is 0 Å². The number of nitrogens with zero attached hydrogens (tertiary/aromatic N) is 5. The molecule has 4 rings (SSSR count). The van der Waals surface area contributed by atoms with E-state index in [-0.39, 0.29) is 17.4 Å². The van der Waals surface area contributed by atoms with Crippen molar-refractivity contribution in [2.24, 2.45) is 5.92 Å². The molecular formula is C23H33N5O2. The van der Waals surface area contributed by atoms with Gasteiger partial charge in [0.15, 0.2) is 5.69 Å². The summed E-state index contributed by atoms with van der Waals surface area (Å²) in [4.78, 5) is 33.1. The molecule has 1 aromatic carbocycles. The smallest absolute Gasteiger partial charge is 0.275 e. The molecule has 2 fully saturated rings. The number of likely N-dealkylation sites (N-methyl/N-ethyl adjacent to an activating group) is 1. The minimum Gasteiger partial charge on any atom is -0.335 e. The van der Waals surface area contributed by atoms with Crippen molar-refractivity contribution >= 4 is 16.7 Å². The number of benzene rings is 1. The van der Waals surface area contributed by atoms with Gasteiger partial charge in [0.05, 0.1) is 5.39 Å². The minimum absolute atomic E-state index is 0.0656. The molecule has 2 aliphatic heterocycles. The maximum atomic E-state index is 13.4. The van der Waals surface area contributed by atoms with Crippen LogP contribution in [-0.2, 0) is 6.54 Å². The molecule has 0 N–H and O–H groups in total. The Morgan fingerprint density at radius 1 is 1.10 bits per heavy atom. The molecule has 0 aliphatic carbocycles. The first kappa shape index (κ1) is 21.0. The Hall–Kier alpha value is -2.25. The highest BCUT2D eigenvalue weighted by Crippen LogP contribution is 2.20. The minimum atomic E-state index is -0.123. The highest BCUT2D eigenvalue weighted by molar-refractivity contribution is 6.04. The van der Waals surface area contributed by atoms with Crippen LogP contribution in [0.2, 0.25) is 0 Å². The quantitative estimate of drug-likeness (QED) is 0.769. The Morgan fingerprint density at radius 2 is 1.80 bits per heavy atom. The fourth-order valence-electron chi connectivity index (χ4n) is 4.74. The van der Waals surface area contributed by atoms with Gasteiger partial charge in [-0.1, -0.05) is 32.0 Å². The molecule has 0 spiro atoms. The summed E-state index contributed by atoms with van der Waals surface area (Å²) in [6, 6.07) is 7.94. The molecule has 1 atom stereocenters. The van der Waals surface area contributed by atoms with Gasteiger partial charge in [-0.3, -0.25) is 14.5 Å². The summed E-state index contributed by atoms with van der Waals surface area (Å²) >= 11 is 0. The van der Waals surface area contributed by atoms with E-state index in [0.29, 0.717) is 42.1 Å². The van der Waals surface area contributed by atoms with Crippen LogP contribution in [0, 0.1) is 5.92 Å². The van der Waals surface area contributed by atoms with Gasteiger partial charge in [-0.2, -0.15) is 5.10 Å². The fraction of sp³-hybridized carbons (Fsp3) is 0.609. The third-order valence-corrected chi connectivity index (χ3v) is 6.33. The second-order valence-corrected chi connectivity index (χ2v) is 9.16. The normalized spacial score (nSPS) is 21.5. The number of likely N-dealkylation sites (tertiary alicyclic amines) is 1. The third kappa shape index (κ3) is 4.27. The molecule has 30 heavy (non-hydrogen) atoms. The van der Waals surface area contributed by atoms with Crippen molar-refractivity contribution in [1.82, 2.24) is 24.5 Å². The highest BCUT2D eigenvalue weighted by Gasteiger charge is 2.30. The largest absolute Gasteiger partial charge is 0.335 e. The topological polar surface area (TPSA) is 61.7 Å². The van der Waals surface area contributed by atoms with Crippen molar-refractivity contribution in [2.45, 2.75) is 39.3 Å². The van der Waals surface area contributed by atoms with Crippen LogP contribution in [0.1, 0.15) is 37.2 Å². The van der Waals surface area contributed by atoms with Crippen LogP contribution in [0.4, 0.5) is 0 Å². The standard InChI is InChI=1S/C23H33N5O2/c1-17(2)15-28-22(29)20-9-5-4-8-19(20)21(24-28)23(30)27-13-11-26(12-14-27)18-7-6-10-25(3)16-18/h4-5,8-9,17-18H,6-7,10-16H2,1-3H3. The van der Waals surface area contributed by atoms with Gasteiger partial charge >= 0.3 is 0 Å². The van der Waals surface area contributed by atoms with Crippen molar-refractivity contribution in [3.05, 3.63) is 40.3 Å². The zero-order chi connectivity index (χ0) is 21.3. The lowest BCUT2D eigenvalue weighted by atomic mass is 10.0. The Morgan fingerprint density at radius 3 is 2.47 bits per heavy atom. The zero-order valence-corrected chi connectivity index (χ0v) is 18.4. The average molecular weight is 412 g/mol. The molecule has 1 unspecified atom stereocenters. The summed E-state index contributed by atoms with van der Waals surface area (Å²) in [6.45, 7) is 10.1. The molecule has 1 amide bonds. The number of carbonyl (C=O) groups excluding carboxylic acids is 1. The molecule has 3 heterocycles. The summed E-state index contributed by atoms with van der Waals surface area (Å²) in [6.07, 6.45) is 2.48. The first-order valence-corrected chi connectivity index (χ1v) is 11.2. The van der Waals surface area contributed by atoms with Crippen LogP contribution in [0.5, 0.6) is 0 Å². The maximum Gasteiger partial charge on any atom is 0.275 e. The van der Waals surface area contributed by atoms with E-state index in [1.165, 1.54) is 24.1 Å². The lowest BCUT2D eigenvalue weighted by molar-refractivity contribution is 0.0447. The first-order chi connectivity index (χ1) is 14.4. The van der Waals surface area contributed by atoms with E-state index in [9.17, 15) is 9.59 Å². The summed E-state index contributed by atoms with van der Waals surface area (Å²) in [5.41, 5.74) is 0.277. The third-order valence-electron chi connectivity index (χ3n) is 6.33. The van der Waals surface area contributed by atoms with Gasteiger partial charge in [0.25, 0.3) is 11.5 Å². The highest BCUT2D eigenvalue weighted by atomic mass is 16.2. The van der Waals surface area contributed by atoms with E-state index in [2.05, 4.69) is 21.9 Å². The molecule has 7 heteroatoms. The monoisotopic (exact) mass is 411 g/mol. The first-order valence-electron chi connectivity index (χ1n) is 11.2. The number of rotatable bonds is 4. The Balaban J connectivity index is 1.55. The van der Waals surface area contributed by atoms with E-state index in [1.54, 1.807) is 6.07 Å². The number of hydrogen-bond donors (Lipinski definition) is 0. The van der Waals surface area contributed by atoms with Gasteiger partial charge in [-0.05, 0) is 38.4 Å². The van der Waals surface area contributed by atoms with Gasteiger partial charge < -0.3 is 9.80 Å². The van der Waals surface area contributed by atoms with Crippen molar-refractivity contribution in [3.63, 3.8) is 0 Å². The number of piperazine rings is 1. The molecule has 1 aromatic heterocycles. The molecule has 2 saturated heterocycles. The van der Waals surface area contributed by atoms with E-state index < -0.39 is 0 Å². The van der Waals surface area contributed by atoms with E-state index in [1.807, 2.05) is 36.9 Å². The number of piperidine rings is 1. The Kier molecular flexibility index (Phi) is 6.20. The van der Waals surface area contributed by atoms with Crippen molar-refractivity contribution < 1.29 is 4.79 Å². The van der Waals surface area contributed by atoms with E-state index in [0.717, 1.165) is 19.6 Å². The predicted molar refractivity (Wildman–Crippen MR) is 119 cm³/mol. The summed E-state index contributed by atoms with van der Waals surface area (Å²) < 4.78 is 1.47. The van der Waals surface area contributed by atoms with Crippen LogP contribution in [-0.4, -0.2) is 82.7 Å². The zero-order valence-electron chi connectivity index (χ0n) is 18.4. The molecule has 162 valence electrons. The second kappa shape index (κ2) is 8.86.